The molecule has 4 heterocycles. The summed E-state index contributed by atoms with van der Waals surface area (Å²) in [5.41, 5.74) is 4.10. The van der Waals surface area contributed by atoms with Gasteiger partial charge in [-0.05, 0) is 115 Å². The van der Waals surface area contributed by atoms with Gasteiger partial charge in [-0.3, -0.25) is 10.2 Å². The zero-order valence-electron chi connectivity index (χ0n) is 27.8. The Morgan fingerprint density at radius 2 is 1.67 bits per heavy atom. The molecule has 2 aliphatic heterocycles. The monoisotopic (exact) mass is 626 g/mol. The number of fused-ring (bicyclic) bond motifs is 1. The predicted octanol–water partition coefficient (Wildman–Crippen LogP) is 6.73. The molecule has 10 nitrogen and oxygen atoms in total. The summed E-state index contributed by atoms with van der Waals surface area (Å²) in [5, 5.41) is 3.38. The van der Waals surface area contributed by atoms with E-state index in [1.807, 2.05) is 53.8 Å². The molecule has 6 rings (SSSR count). The summed E-state index contributed by atoms with van der Waals surface area (Å²) >= 11 is 0. The number of benzene rings is 2. The van der Waals surface area contributed by atoms with Crippen molar-refractivity contribution in [2.45, 2.75) is 103 Å². The zero-order chi connectivity index (χ0) is 32.7. The van der Waals surface area contributed by atoms with Crippen molar-refractivity contribution in [2.24, 2.45) is 0 Å². The molecule has 2 atom stereocenters. The van der Waals surface area contributed by atoms with E-state index in [-0.39, 0.29) is 18.1 Å². The molecule has 3 N–H and O–H groups in total. The van der Waals surface area contributed by atoms with E-state index in [0.717, 1.165) is 72.3 Å². The first-order valence-corrected chi connectivity index (χ1v) is 16.4. The van der Waals surface area contributed by atoms with Crippen LogP contribution in [0.4, 0.5) is 4.79 Å². The molecule has 46 heavy (non-hydrogen) atoms. The molecule has 2 fully saturated rings. The molecule has 0 saturated carbocycles. The van der Waals surface area contributed by atoms with E-state index in [4.69, 9.17) is 14.5 Å². The van der Waals surface area contributed by atoms with E-state index in [1.54, 1.807) is 4.90 Å². The number of aromatic amines is 2. The van der Waals surface area contributed by atoms with Gasteiger partial charge in [0.2, 0.25) is 0 Å². The normalized spacial score (nSPS) is 20.4. The van der Waals surface area contributed by atoms with Gasteiger partial charge in [0, 0.05) is 18.4 Å². The molecule has 0 aliphatic carbocycles. The number of aryl methyl sites for hydroxylation is 2. The van der Waals surface area contributed by atoms with Crippen molar-refractivity contribution in [3.05, 3.63) is 71.6 Å². The maximum Gasteiger partial charge on any atom is 0.410 e. The number of H-pyrrole nitrogens is 2. The second kappa shape index (κ2) is 12.2. The van der Waals surface area contributed by atoms with Crippen molar-refractivity contribution in [1.29, 1.82) is 0 Å². The van der Waals surface area contributed by atoms with Gasteiger partial charge in [0.1, 0.15) is 22.9 Å². The summed E-state index contributed by atoms with van der Waals surface area (Å²) in [6.45, 7) is 12.7. The first kappa shape index (κ1) is 31.8. The number of hydrogen-bond donors (Lipinski definition) is 3. The van der Waals surface area contributed by atoms with Gasteiger partial charge in [0.05, 0.1) is 17.1 Å². The highest BCUT2D eigenvalue weighted by atomic mass is 16.6. The van der Waals surface area contributed by atoms with E-state index in [2.05, 4.69) is 56.7 Å². The van der Waals surface area contributed by atoms with E-state index in [9.17, 15) is 9.59 Å². The molecule has 4 aromatic rings. The van der Waals surface area contributed by atoms with Gasteiger partial charge < -0.3 is 19.4 Å². The number of aromatic nitrogens is 4. The number of hydrogen-bond acceptors (Lipinski definition) is 7. The Balaban J connectivity index is 1.11. The lowest BCUT2D eigenvalue weighted by Crippen LogP contribution is -2.48. The van der Waals surface area contributed by atoms with E-state index in [0.29, 0.717) is 18.8 Å². The highest BCUT2D eigenvalue weighted by molar-refractivity contribution is 5.86. The Bertz CT molecular complexity index is 1700. The molecule has 2 saturated heterocycles. The smallest absolute Gasteiger partial charge is 0.410 e. The van der Waals surface area contributed by atoms with Crippen molar-refractivity contribution in [1.82, 2.24) is 30.2 Å². The molecule has 1 amide bonds. The highest BCUT2D eigenvalue weighted by Crippen LogP contribution is 2.35. The van der Waals surface area contributed by atoms with E-state index in [1.165, 1.54) is 5.56 Å². The third-order valence-electron chi connectivity index (χ3n) is 8.60. The fraction of sp³-hybridized carbons (Fsp3) is 0.500. The first-order valence-electron chi connectivity index (χ1n) is 16.4. The number of esters is 1. The average molecular weight is 627 g/mol. The minimum Gasteiger partial charge on any atom is -0.458 e. The Morgan fingerprint density at radius 3 is 2.37 bits per heavy atom. The summed E-state index contributed by atoms with van der Waals surface area (Å²) in [6.07, 6.45) is 6.62. The number of ether oxygens (including phenoxy) is 2. The topological polar surface area (TPSA) is 125 Å². The van der Waals surface area contributed by atoms with Crippen LogP contribution in [0.1, 0.15) is 96.2 Å². The van der Waals surface area contributed by atoms with Crippen LogP contribution in [0.15, 0.2) is 48.7 Å². The number of nitrogens with one attached hydrogen (secondary N) is 3. The van der Waals surface area contributed by atoms with Crippen LogP contribution in [0.25, 0.3) is 22.2 Å². The number of likely N-dealkylation sites (tertiary alicyclic amines) is 1. The number of nitrogens with zero attached hydrogens (tertiary/aromatic N) is 3. The predicted molar refractivity (Wildman–Crippen MR) is 177 cm³/mol. The van der Waals surface area contributed by atoms with Gasteiger partial charge in [0.25, 0.3) is 0 Å². The minimum absolute atomic E-state index is 0.0801. The van der Waals surface area contributed by atoms with Gasteiger partial charge in [-0.25, -0.2) is 19.6 Å². The molecular weight excluding hydrogens is 580 g/mol. The second-order valence-corrected chi connectivity index (χ2v) is 14.6. The number of imidazole rings is 2. The van der Waals surface area contributed by atoms with Crippen LogP contribution in [-0.2, 0) is 32.6 Å². The molecule has 10 heteroatoms. The molecule has 0 unspecified atom stereocenters. The third kappa shape index (κ3) is 6.82. The number of rotatable bonds is 7. The van der Waals surface area contributed by atoms with Crippen LogP contribution in [-0.4, -0.2) is 61.2 Å². The van der Waals surface area contributed by atoms with Crippen LogP contribution in [0.3, 0.4) is 0 Å². The van der Waals surface area contributed by atoms with Crippen molar-refractivity contribution < 1.29 is 19.1 Å². The maximum absolute atomic E-state index is 13.3. The van der Waals surface area contributed by atoms with Crippen molar-refractivity contribution in [3.63, 3.8) is 0 Å². The van der Waals surface area contributed by atoms with Crippen LogP contribution < -0.4 is 5.32 Å². The summed E-state index contributed by atoms with van der Waals surface area (Å²) in [7, 11) is 0. The fourth-order valence-corrected chi connectivity index (χ4v) is 6.38. The SMILES string of the molecule is CC(C)(C)OC(=O)N1CCC[C@H]1c1ncc(CCc2ccc(-c3ccc4nc([C@]5(C(=O)OC(C)(C)C)CCCN5)[nH]c4c3)cc2)[nH]1. The number of carbonyl (C=O) groups is 2. The number of carbonyl (C=O) groups excluding carboxylic acids is 2. The molecule has 244 valence electrons. The molecule has 0 bridgehead atoms. The van der Waals surface area contributed by atoms with Gasteiger partial charge in [-0.1, -0.05) is 30.3 Å². The quantitative estimate of drug-likeness (QED) is 0.194. The van der Waals surface area contributed by atoms with Gasteiger partial charge >= 0.3 is 12.1 Å². The average Bonchev–Trinajstić information content (AvgIpc) is 3.80. The van der Waals surface area contributed by atoms with Gasteiger partial charge in [0.15, 0.2) is 5.54 Å². The van der Waals surface area contributed by atoms with E-state index < -0.39 is 16.7 Å². The number of amides is 1. The standard InChI is InChI=1S/C36H46N6O4/c1-34(2,3)45-32(43)36(18-8-19-38-36)31-40-27-17-15-25(21-28(27)41-31)24-13-10-23(11-14-24)12-16-26-22-37-30(39-26)29-9-7-20-42(29)33(44)46-35(4,5)6/h10-11,13-15,17,21-22,29,38H,7-9,12,16,18-20H2,1-6H3,(H,37,39)(H,40,41)/t29-,36-/m0/s1. The zero-order valence-corrected chi connectivity index (χ0v) is 27.8. The Morgan fingerprint density at radius 1 is 0.935 bits per heavy atom. The summed E-state index contributed by atoms with van der Waals surface area (Å²) in [4.78, 5) is 44.2. The fourth-order valence-electron chi connectivity index (χ4n) is 6.38. The second-order valence-electron chi connectivity index (χ2n) is 14.6. The summed E-state index contributed by atoms with van der Waals surface area (Å²) in [5.74, 6) is 1.14. The Hall–Kier alpha value is -4.18. The van der Waals surface area contributed by atoms with Crippen molar-refractivity contribution >= 4 is 23.1 Å². The van der Waals surface area contributed by atoms with Crippen molar-refractivity contribution in [3.8, 4) is 11.1 Å². The third-order valence-corrected chi connectivity index (χ3v) is 8.60. The molecular formula is C36H46N6O4. The molecule has 2 aliphatic rings. The van der Waals surface area contributed by atoms with E-state index >= 15 is 0 Å². The molecule has 2 aromatic heterocycles. The lowest BCUT2D eigenvalue weighted by Gasteiger charge is -2.29. The summed E-state index contributed by atoms with van der Waals surface area (Å²) in [6, 6.07) is 14.7. The highest BCUT2D eigenvalue weighted by Gasteiger charge is 2.48. The van der Waals surface area contributed by atoms with Crippen LogP contribution >= 0.6 is 0 Å². The van der Waals surface area contributed by atoms with Crippen LogP contribution in [0.2, 0.25) is 0 Å². The van der Waals surface area contributed by atoms with Gasteiger partial charge in [-0.2, -0.15) is 0 Å². The molecule has 2 aromatic carbocycles. The Labute approximate surface area is 270 Å². The Kier molecular flexibility index (Phi) is 8.43. The van der Waals surface area contributed by atoms with Crippen molar-refractivity contribution in [2.75, 3.05) is 13.1 Å². The lowest BCUT2D eigenvalue weighted by molar-refractivity contribution is -0.163. The molecule has 0 radical (unpaired) electrons. The largest absolute Gasteiger partial charge is 0.458 e. The van der Waals surface area contributed by atoms with Crippen LogP contribution in [0.5, 0.6) is 0 Å². The van der Waals surface area contributed by atoms with Crippen LogP contribution in [0, 0.1) is 0 Å². The molecule has 0 spiro atoms. The lowest BCUT2D eigenvalue weighted by atomic mass is 9.96. The van der Waals surface area contributed by atoms with Gasteiger partial charge in [-0.15, -0.1) is 0 Å². The first-order chi connectivity index (χ1) is 21.8. The minimum atomic E-state index is -0.960. The maximum atomic E-state index is 13.3. The summed E-state index contributed by atoms with van der Waals surface area (Å²) < 4.78 is 11.4.